The maximum absolute atomic E-state index is 11.9. The molecule has 2 heterocycles. The lowest BCUT2D eigenvalue weighted by Gasteiger charge is -2.08. The Balaban J connectivity index is 2.42. The van der Waals surface area contributed by atoms with Gasteiger partial charge in [0, 0.05) is 11.9 Å². The first-order valence-electron chi connectivity index (χ1n) is 4.15. The minimum atomic E-state index is -4.66. The van der Waals surface area contributed by atoms with Gasteiger partial charge in [0.15, 0.2) is 0 Å². The summed E-state index contributed by atoms with van der Waals surface area (Å²) < 4.78 is 41.1. The molecule has 80 valence electrons. The number of rotatable bonds is 1. The maximum Gasteiger partial charge on any atom is 0.573 e. The van der Waals surface area contributed by atoms with Crippen LogP contribution >= 0.6 is 0 Å². The Morgan fingerprint density at radius 2 is 2.07 bits per heavy atom. The molecule has 0 amide bonds. The number of hydrogen-bond acceptors (Lipinski definition) is 2. The summed E-state index contributed by atoms with van der Waals surface area (Å²) in [6.45, 7) is 1.75. The third-order valence-corrected chi connectivity index (χ3v) is 1.90. The van der Waals surface area contributed by atoms with Crippen LogP contribution in [-0.2, 0) is 0 Å². The normalized spacial score (nSPS) is 12.0. The molecule has 3 nitrogen and oxygen atoms in total. The smallest absolute Gasteiger partial charge is 0.404 e. The van der Waals surface area contributed by atoms with Crippen molar-refractivity contribution < 1.29 is 17.9 Å². The molecule has 2 aromatic rings. The summed E-state index contributed by atoms with van der Waals surface area (Å²) in [5.74, 6) is -0.254. The third-order valence-electron chi connectivity index (χ3n) is 1.90. The highest BCUT2D eigenvalue weighted by Gasteiger charge is 2.31. The van der Waals surface area contributed by atoms with Crippen LogP contribution in [-0.4, -0.2) is 15.7 Å². The quantitative estimate of drug-likeness (QED) is 0.732. The van der Waals surface area contributed by atoms with Crippen LogP contribution in [0.5, 0.6) is 5.75 Å². The number of fused-ring (bicyclic) bond motifs is 1. The van der Waals surface area contributed by atoms with Crippen LogP contribution in [0.25, 0.3) is 5.65 Å². The average Bonchev–Trinajstić information content (AvgIpc) is 2.45. The molecule has 0 N–H and O–H groups in total. The van der Waals surface area contributed by atoms with Crippen molar-refractivity contribution in [3.8, 4) is 5.75 Å². The number of alkyl halides is 3. The van der Waals surface area contributed by atoms with E-state index in [0.29, 0.717) is 5.65 Å². The van der Waals surface area contributed by atoms with Crippen LogP contribution in [0.4, 0.5) is 13.2 Å². The molecule has 6 heteroatoms. The predicted molar refractivity (Wildman–Crippen MR) is 46.6 cm³/mol. The highest BCUT2D eigenvalue weighted by atomic mass is 19.4. The largest absolute Gasteiger partial charge is 0.573 e. The summed E-state index contributed by atoms with van der Waals surface area (Å²) in [4.78, 5) is 3.98. The van der Waals surface area contributed by atoms with E-state index in [4.69, 9.17) is 0 Å². The second kappa shape index (κ2) is 3.15. The van der Waals surface area contributed by atoms with Crippen LogP contribution in [0.15, 0.2) is 24.5 Å². The van der Waals surface area contributed by atoms with E-state index in [-0.39, 0.29) is 5.75 Å². The summed E-state index contributed by atoms with van der Waals surface area (Å²) in [6, 6.07) is 2.70. The van der Waals surface area contributed by atoms with Crippen molar-refractivity contribution in [2.24, 2.45) is 0 Å². The number of ether oxygens (including phenoxy) is 1. The monoisotopic (exact) mass is 216 g/mol. The van der Waals surface area contributed by atoms with Gasteiger partial charge in [-0.15, -0.1) is 13.2 Å². The van der Waals surface area contributed by atoms with Crippen LogP contribution in [0.1, 0.15) is 5.69 Å². The van der Waals surface area contributed by atoms with Gasteiger partial charge >= 0.3 is 6.36 Å². The lowest BCUT2D eigenvalue weighted by Crippen LogP contribution is -2.17. The molecule has 0 bridgehead atoms. The molecule has 0 spiro atoms. The minimum absolute atomic E-state index is 0.254. The first kappa shape index (κ1) is 9.82. The van der Waals surface area contributed by atoms with Gasteiger partial charge in [0.2, 0.25) is 0 Å². The van der Waals surface area contributed by atoms with Crippen molar-refractivity contribution in [3.63, 3.8) is 0 Å². The summed E-state index contributed by atoms with van der Waals surface area (Å²) in [5.41, 5.74) is 1.33. The van der Waals surface area contributed by atoms with Gasteiger partial charge in [0.25, 0.3) is 0 Å². The standard InChI is InChI=1S/C9H7F3N2O/c1-6-4-13-8-3-2-7(5-14(6)8)15-9(10,11)12/h2-5H,1H3. The molecule has 0 aliphatic heterocycles. The molecule has 0 aliphatic rings. The highest BCUT2D eigenvalue weighted by molar-refractivity contribution is 5.43. The van der Waals surface area contributed by atoms with E-state index in [0.717, 1.165) is 5.69 Å². The topological polar surface area (TPSA) is 26.5 Å². The van der Waals surface area contributed by atoms with Crippen molar-refractivity contribution in [2.45, 2.75) is 13.3 Å². The highest BCUT2D eigenvalue weighted by Crippen LogP contribution is 2.23. The molecule has 0 saturated heterocycles. The number of nitrogens with zero attached hydrogens (tertiary/aromatic N) is 2. The second-order valence-electron chi connectivity index (χ2n) is 3.04. The van der Waals surface area contributed by atoms with Gasteiger partial charge in [-0.1, -0.05) is 0 Å². The summed E-state index contributed by atoms with van der Waals surface area (Å²) >= 11 is 0. The van der Waals surface area contributed by atoms with Gasteiger partial charge in [-0.2, -0.15) is 0 Å². The SMILES string of the molecule is Cc1cnc2ccc(OC(F)(F)F)cn12. The Kier molecular flexibility index (Phi) is 2.06. The Labute approximate surface area is 83.1 Å². The lowest BCUT2D eigenvalue weighted by molar-refractivity contribution is -0.274. The Morgan fingerprint density at radius 1 is 1.33 bits per heavy atom. The molecule has 0 radical (unpaired) electrons. The Morgan fingerprint density at radius 3 is 2.73 bits per heavy atom. The van der Waals surface area contributed by atoms with Crippen molar-refractivity contribution in [1.29, 1.82) is 0 Å². The fourth-order valence-electron chi connectivity index (χ4n) is 1.28. The van der Waals surface area contributed by atoms with Crippen LogP contribution < -0.4 is 4.74 Å². The molecule has 0 atom stereocenters. The molecule has 0 aliphatic carbocycles. The maximum atomic E-state index is 11.9. The molecular weight excluding hydrogens is 209 g/mol. The molecule has 0 fully saturated rings. The number of aromatic nitrogens is 2. The molecule has 2 rings (SSSR count). The molecule has 0 saturated carbocycles. The molecule has 15 heavy (non-hydrogen) atoms. The molecule has 0 unspecified atom stereocenters. The molecule has 0 aromatic carbocycles. The first-order chi connectivity index (χ1) is 6.96. The lowest BCUT2D eigenvalue weighted by atomic mass is 10.4. The van der Waals surface area contributed by atoms with Gasteiger partial charge in [-0.05, 0) is 19.1 Å². The Bertz CT molecular complexity index is 490. The zero-order chi connectivity index (χ0) is 11.1. The van der Waals surface area contributed by atoms with Crippen molar-refractivity contribution >= 4 is 5.65 Å². The Hall–Kier alpha value is -1.72. The zero-order valence-electron chi connectivity index (χ0n) is 7.75. The van der Waals surface area contributed by atoms with Gasteiger partial charge < -0.3 is 9.14 Å². The van der Waals surface area contributed by atoms with Crippen molar-refractivity contribution in [3.05, 3.63) is 30.2 Å². The third kappa shape index (κ3) is 2.03. The number of halogens is 3. The molecule has 2 aromatic heterocycles. The van der Waals surface area contributed by atoms with E-state index in [9.17, 15) is 13.2 Å². The average molecular weight is 216 g/mol. The van der Waals surface area contributed by atoms with Gasteiger partial charge in [-0.25, -0.2) is 4.98 Å². The van der Waals surface area contributed by atoms with Crippen molar-refractivity contribution in [1.82, 2.24) is 9.38 Å². The minimum Gasteiger partial charge on any atom is -0.404 e. The van der Waals surface area contributed by atoms with E-state index in [1.165, 1.54) is 22.7 Å². The number of pyridine rings is 1. The van der Waals surface area contributed by atoms with Crippen LogP contribution in [0.2, 0.25) is 0 Å². The summed E-state index contributed by atoms with van der Waals surface area (Å²) in [7, 11) is 0. The van der Waals surface area contributed by atoms with E-state index in [1.807, 2.05) is 0 Å². The number of imidazole rings is 1. The van der Waals surface area contributed by atoms with E-state index in [1.54, 1.807) is 13.1 Å². The second-order valence-corrected chi connectivity index (χ2v) is 3.04. The summed E-state index contributed by atoms with van der Waals surface area (Å²) in [5, 5.41) is 0. The predicted octanol–water partition coefficient (Wildman–Crippen LogP) is 2.54. The van der Waals surface area contributed by atoms with Crippen LogP contribution in [0, 0.1) is 6.92 Å². The van der Waals surface area contributed by atoms with Crippen LogP contribution in [0.3, 0.4) is 0 Å². The number of hydrogen-bond donors (Lipinski definition) is 0. The van der Waals surface area contributed by atoms with E-state index >= 15 is 0 Å². The van der Waals surface area contributed by atoms with E-state index < -0.39 is 6.36 Å². The first-order valence-corrected chi connectivity index (χ1v) is 4.15. The molecular formula is C9H7F3N2O. The van der Waals surface area contributed by atoms with Gasteiger partial charge in [0.1, 0.15) is 11.4 Å². The summed E-state index contributed by atoms with van der Waals surface area (Å²) in [6.07, 6.45) is -1.83. The van der Waals surface area contributed by atoms with Gasteiger partial charge in [-0.3, -0.25) is 0 Å². The van der Waals surface area contributed by atoms with Crippen molar-refractivity contribution in [2.75, 3.05) is 0 Å². The van der Waals surface area contributed by atoms with E-state index in [2.05, 4.69) is 9.72 Å². The number of aryl methyl sites for hydroxylation is 1. The van der Waals surface area contributed by atoms with Gasteiger partial charge in [0.05, 0.1) is 6.20 Å². The fourth-order valence-corrected chi connectivity index (χ4v) is 1.28. The zero-order valence-corrected chi connectivity index (χ0v) is 7.75. The fraction of sp³-hybridized carbons (Fsp3) is 0.222.